The molecule has 0 aromatic heterocycles. The summed E-state index contributed by atoms with van der Waals surface area (Å²) < 4.78 is 0. The van der Waals surface area contributed by atoms with Crippen molar-refractivity contribution in [2.24, 2.45) is 4.99 Å². The number of benzodiazepines with no additional fused rings is 1. The normalized spacial score (nSPS) is 17.3. The molecule has 0 aliphatic carbocycles. The van der Waals surface area contributed by atoms with Crippen LogP contribution in [0.15, 0.2) is 59.6 Å². The molecule has 2 aromatic rings. The van der Waals surface area contributed by atoms with Gasteiger partial charge in [0.25, 0.3) is 5.91 Å². The van der Waals surface area contributed by atoms with Gasteiger partial charge in [0.05, 0.1) is 17.8 Å². The molecule has 3 rings (SSSR count). The Labute approximate surface area is 133 Å². The van der Waals surface area contributed by atoms with Gasteiger partial charge in [-0.05, 0) is 6.07 Å². The molecular formula is C18H16N2O3. The molecule has 0 fully saturated rings. The first-order valence-corrected chi connectivity index (χ1v) is 7.30. The van der Waals surface area contributed by atoms with Gasteiger partial charge in [0, 0.05) is 18.2 Å². The van der Waals surface area contributed by atoms with E-state index >= 15 is 0 Å². The van der Waals surface area contributed by atoms with Gasteiger partial charge >= 0.3 is 5.97 Å². The van der Waals surface area contributed by atoms with Gasteiger partial charge in [-0.15, -0.1) is 0 Å². The molecule has 1 atom stereocenters. The van der Waals surface area contributed by atoms with Gasteiger partial charge in [0.15, 0.2) is 0 Å². The monoisotopic (exact) mass is 308 g/mol. The lowest BCUT2D eigenvalue weighted by Gasteiger charge is -2.19. The number of rotatable bonds is 3. The first-order chi connectivity index (χ1) is 11.1. The molecule has 1 aliphatic heterocycles. The van der Waals surface area contributed by atoms with Gasteiger partial charge in [0.2, 0.25) is 0 Å². The lowest BCUT2D eigenvalue weighted by atomic mass is 10.0. The van der Waals surface area contributed by atoms with E-state index in [2.05, 4.69) is 4.99 Å². The van der Waals surface area contributed by atoms with Crippen LogP contribution in [0, 0.1) is 0 Å². The molecule has 1 unspecified atom stereocenters. The second kappa shape index (κ2) is 6.04. The number of nitrogens with zero attached hydrogens (tertiary/aromatic N) is 2. The zero-order valence-corrected chi connectivity index (χ0v) is 12.6. The summed E-state index contributed by atoms with van der Waals surface area (Å²) in [4.78, 5) is 29.7. The molecule has 1 N–H and O–H groups in total. The highest BCUT2D eigenvalue weighted by molar-refractivity contribution is 6.20. The summed E-state index contributed by atoms with van der Waals surface area (Å²) >= 11 is 0. The zero-order chi connectivity index (χ0) is 16.4. The van der Waals surface area contributed by atoms with E-state index in [4.69, 9.17) is 5.11 Å². The average molecular weight is 308 g/mol. The first kappa shape index (κ1) is 15.0. The van der Waals surface area contributed by atoms with Crippen LogP contribution in [-0.2, 0) is 9.59 Å². The highest BCUT2D eigenvalue weighted by Crippen LogP contribution is 2.28. The molecule has 1 aliphatic rings. The molecule has 0 radical (unpaired) electrons. The van der Waals surface area contributed by atoms with Crippen molar-refractivity contribution in [3.05, 3.63) is 65.7 Å². The Morgan fingerprint density at radius 3 is 2.48 bits per heavy atom. The number of anilines is 1. The van der Waals surface area contributed by atoms with Crippen LogP contribution >= 0.6 is 0 Å². The van der Waals surface area contributed by atoms with Gasteiger partial charge < -0.3 is 10.0 Å². The Bertz CT molecular complexity index is 784. The Hall–Kier alpha value is -2.95. The summed E-state index contributed by atoms with van der Waals surface area (Å²) in [6, 6.07) is 16.0. The van der Waals surface area contributed by atoms with Crippen molar-refractivity contribution in [2.45, 2.75) is 12.5 Å². The molecule has 5 nitrogen and oxygen atoms in total. The second-order valence-corrected chi connectivity index (χ2v) is 5.37. The van der Waals surface area contributed by atoms with Gasteiger partial charge in [0.1, 0.15) is 6.04 Å². The lowest BCUT2D eigenvalue weighted by molar-refractivity contribution is -0.139. The van der Waals surface area contributed by atoms with Crippen LogP contribution < -0.4 is 4.90 Å². The van der Waals surface area contributed by atoms with E-state index < -0.39 is 12.0 Å². The van der Waals surface area contributed by atoms with E-state index in [1.807, 2.05) is 54.6 Å². The van der Waals surface area contributed by atoms with E-state index in [-0.39, 0.29) is 12.3 Å². The molecular weight excluding hydrogens is 292 g/mol. The number of likely N-dealkylation sites (N-methyl/N-ethyl adjacent to an activating group) is 1. The van der Waals surface area contributed by atoms with E-state index in [0.717, 1.165) is 16.8 Å². The summed E-state index contributed by atoms with van der Waals surface area (Å²) in [6.07, 6.45) is -0.326. The number of aliphatic carboxylic acids is 1. The Balaban J connectivity index is 2.20. The maximum absolute atomic E-state index is 12.6. The maximum Gasteiger partial charge on any atom is 0.306 e. The van der Waals surface area contributed by atoms with Crippen LogP contribution in [0.1, 0.15) is 17.5 Å². The van der Waals surface area contributed by atoms with Crippen LogP contribution in [0.2, 0.25) is 0 Å². The van der Waals surface area contributed by atoms with Crippen LogP contribution in [0.3, 0.4) is 0 Å². The van der Waals surface area contributed by atoms with Crippen molar-refractivity contribution in [3.63, 3.8) is 0 Å². The van der Waals surface area contributed by atoms with Crippen LogP contribution in [0.4, 0.5) is 5.69 Å². The predicted octanol–water partition coefficient (Wildman–Crippen LogP) is 2.34. The van der Waals surface area contributed by atoms with Crippen LogP contribution in [-0.4, -0.2) is 35.8 Å². The number of benzene rings is 2. The summed E-state index contributed by atoms with van der Waals surface area (Å²) in [5, 5.41) is 9.10. The minimum Gasteiger partial charge on any atom is -0.481 e. The SMILES string of the molecule is CN1C(=O)C(CC(=O)O)N=C(c2ccccc2)c2ccccc21. The Kier molecular flexibility index (Phi) is 3.93. The van der Waals surface area contributed by atoms with Crippen LogP contribution in [0.25, 0.3) is 0 Å². The number of carboxylic acids is 1. The number of carbonyl (C=O) groups excluding carboxylic acids is 1. The Morgan fingerprint density at radius 2 is 1.78 bits per heavy atom. The largest absolute Gasteiger partial charge is 0.481 e. The molecule has 1 heterocycles. The second-order valence-electron chi connectivity index (χ2n) is 5.37. The minimum atomic E-state index is -1.04. The van der Waals surface area contributed by atoms with Crippen molar-refractivity contribution in [1.29, 1.82) is 0 Å². The predicted molar refractivity (Wildman–Crippen MR) is 88.0 cm³/mol. The Morgan fingerprint density at radius 1 is 1.13 bits per heavy atom. The third-order valence-electron chi connectivity index (χ3n) is 3.84. The zero-order valence-electron chi connectivity index (χ0n) is 12.6. The minimum absolute atomic E-state index is 0.314. The average Bonchev–Trinajstić information content (AvgIpc) is 2.66. The molecule has 0 spiro atoms. The molecule has 0 saturated heterocycles. The molecule has 0 saturated carbocycles. The number of carbonyl (C=O) groups is 2. The smallest absolute Gasteiger partial charge is 0.306 e. The fourth-order valence-corrected chi connectivity index (χ4v) is 2.71. The molecule has 1 amide bonds. The van der Waals surface area contributed by atoms with E-state index in [9.17, 15) is 9.59 Å². The maximum atomic E-state index is 12.6. The van der Waals surface area contributed by atoms with Crippen molar-refractivity contribution in [2.75, 3.05) is 11.9 Å². The number of hydrogen-bond donors (Lipinski definition) is 1. The highest BCUT2D eigenvalue weighted by Gasteiger charge is 2.31. The van der Waals surface area contributed by atoms with Gasteiger partial charge in [-0.2, -0.15) is 0 Å². The highest BCUT2D eigenvalue weighted by atomic mass is 16.4. The first-order valence-electron chi connectivity index (χ1n) is 7.30. The number of hydrogen-bond acceptors (Lipinski definition) is 3. The summed E-state index contributed by atoms with van der Waals surface area (Å²) in [7, 11) is 1.65. The molecule has 2 aromatic carbocycles. The van der Waals surface area contributed by atoms with E-state index in [1.165, 1.54) is 4.90 Å². The van der Waals surface area contributed by atoms with Crippen molar-refractivity contribution in [3.8, 4) is 0 Å². The van der Waals surface area contributed by atoms with E-state index in [0.29, 0.717) is 5.71 Å². The fraction of sp³-hybridized carbons (Fsp3) is 0.167. The fourth-order valence-electron chi connectivity index (χ4n) is 2.71. The number of carboxylic acid groups (broad SMARTS) is 1. The van der Waals surface area contributed by atoms with Crippen molar-refractivity contribution < 1.29 is 14.7 Å². The third-order valence-corrected chi connectivity index (χ3v) is 3.84. The summed E-state index contributed by atoms with van der Waals surface area (Å²) in [5.41, 5.74) is 3.05. The molecule has 0 bridgehead atoms. The molecule has 5 heteroatoms. The number of amides is 1. The summed E-state index contributed by atoms with van der Waals surface area (Å²) in [5.74, 6) is -1.36. The lowest BCUT2D eigenvalue weighted by Crippen LogP contribution is -2.36. The number of para-hydroxylation sites is 1. The van der Waals surface area contributed by atoms with Crippen molar-refractivity contribution in [1.82, 2.24) is 0 Å². The quantitative estimate of drug-likeness (QED) is 0.946. The molecule has 116 valence electrons. The van der Waals surface area contributed by atoms with Crippen LogP contribution in [0.5, 0.6) is 0 Å². The molecule has 23 heavy (non-hydrogen) atoms. The van der Waals surface area contributed by atoms with Gasteiger partial charge in [-0.3, -0.25) is 14.6 Å². The van der Waals surface area contributed by atoms with Crippen molar-refractivity contribution >= 4 is 23.3 Å². The third kappa shape index (κ3) is 2.85. The van der Waals surface area contributed by atoms with Gasteiger partial charge in [-0.25, -0.2) is 0 Å². The van der Waals surface area contributed by atoms with E-state index in [1.54, 1.807) is 7.05 Å². The standard InChI is InChI=1S/C18H16N2O3/c1-20-15-10-6-5-9-13(15)17(12-7-3-2-4-8-12)19-14(18(20)23)11-16(21)22/h2-10,14H,11H2,1H3,(H,21,22). The number of fused-ring (bicyclic) bond motifs is 1. The summed E-state index contributed by atoms with van der Waals surface area (Å²) in [6.45, 7) is 0. The van der Waals surface area contributed by atoms with Gasteiger partial charge in [-0.1, -0.05) is 48.5 Å². The number of aliphatic imine (C=N–C) groups is 1. The topological polar surface area (TPSA) is 70.0 Å².